The lowest BCUT2D eigenvalue weighted by Gasteiger charge is -2.46. The number of rotatable bonds is 7. The number of likely N-dealkylation sites (tertiary alicyclic amines) is 1. The van der Waals surface area contributed by atoms with Crippen LogP contribution < -0.4 is 27.0 Å². The van der Waals surface area contributed by atoms with Crippen LogP contribution in [-0.2, 0) is 22.7 Å². The predicted octanol–water partition coefficient (Wildman–Crippen LogP) is 1.54. The summed E-state index contributed by atoms with van der Waals surface area (Å²) in [6.07, 6.45) is 8.44. The summed E-state index contributed by atoms with van der Waals surface area (Å²) in [5.74, 6) is 0.994. The number of nitrogens with one attached hydrogen (secondary N) is 2. The molecule has 1 aromatic heterocycles. The van der Waals surface area contributed by atoms with E-state index >= 15 is 0 Å². The van der Waals surface area contributed by atoms with E-state index in [4.69, 9.17) is 21.4 Å². The summed E-state index contributed by atoms with van der Waals surface area (Å²) >= 11 is 0. The first kappa shape index (κ1) is 33.5. The van der Waals surface area contributed by atoms with Crippen LogP contribution in [0.5, 0.6) is 5.75 Å². The lowest BCUT2D eigenvalue weighted by atomic mass is 9.91. The van der Waals surface area contributed by atoms with Gasteiger partial charge in [0.1, 0.15) is 17.6 Å². The van der Waals surface area contributed by atoms with Gasteiger partial charge in [0.2, 0.25) is 17.8 Å². The number of anilines is 1. The Morgan fingerprint density at radius 1 is 0.981 bits per heavy atom. The van der Waals surface area contributed by atoms with Gasteiger partial charge in [0.25, 0.3) is 5.91 Å². The lowest BCUT2D eigenvalue weighted by molar-refractivity contribution is -0.136. The molecule has 5 aliphatic rings. The maximum atomic E-state index is 13.1. The fourth-order valence-electron chi connectivity index (χ4n) is 8.22. The Balaban J connectivity index is 0.843. The number of aromatic nitrogens is 2. The van der Waals surface area contributed by atoms with E-state index in [2.05, 4.69) is 31.4 Å². The van der Waals surface area contributed by atoms with Crippen molar-refractivity contribution in [3.63, 3.8) is 0 Å². The van der Waals surface area contributed by atoms with Crippen molar-refractivity contribution < 1.29 is 19.5 Å². The second kappa shape index (κ2) is 13.8. The van der Waals surface area contributed by atoms with Crippen molar-refractivity contribution in [3.05, 3.63) is 100 Å². The van der Waals surface area contributed by atoms with E-state index in [0.29, 0.717) is 48.1 Å². The number of phenolic OH excluding ortho intramolecular Hbond substituents is 1. The Labute approximate surface area is 302 Å². The number of amides is 3. The Morgan fingerprint density at radius 2 is 1.77 bits per heavy atom. The average molecular weight is 705 g/mol. The summed E-state index contributed by atoms with van der Waals surface area (Å²) in [6, 6.07) is 12.5. The average Bonchev–Trinajstić information content (AvgIpc) is 3.47. The van der Waals surface area contributed by atoms with Crippen molar-refractivity contribution in [1.82, 2.24) is 35.3 Å². The Bertz CT molecular complexity index is 1950. The van der Waals surface area contributed by atoms with Crippen LogP contribution in [-0.4, -0.2) is 98.8 Å². The van der Waals surface area contributed by atoms with Gasteiger partial charge in [-0.1, -0.05) is 24.3 Å². The largest absolute Gasteiger partial charge is 0.507 e. The molecule has 0 bridgehead atoms. The normalized spacial score (nSPS) is 23.0. The molecule has 14 heteroatoms. The minimum Gasteiger partial charge on any atom is -0.507 e. The smallest absolute Gasteiger partial charge is 0.255 e. The summed E-state index contributed by atoms with van der Waals surface area (Å²) in [6.45, 7) is 5.97. The summed E-state index contributed by atoms with van der Waals surface area (Å²) in [4.78, 5) is 55.3. The SMILES string of the molecule is NC1=C(/C=C(\N)c2ccccc2O)N2CCN(c3ncc(C4CCN(Cc5ccc6c(c5)CN(C5CCC(=O)NC5=O)C6=O)CC4)cn3)CC2CN1. The highest BCUT2D eigenvalue weighted by molar-refractivity contribution is 6.05. The molecule has 0 radical (unpaired) electrons. The van der Waals surface area contributed by atoms with Crippen LogP contribution in [0.2, 0.25) is 0 Å². The minimum absolute atomic E-state index is 0.129. The van der Waals surface area contributed by atoms with Gasteiger partial charge in [0.15, 0.2) is 0 Å². The summed E-state index contributed by atoms with van der Waals surface area (Å²) in [7, 11) is 0. The van der Waals surface area contributed by atoms with E-state index in [0.717, 1.165) is 80.4 Å². The molecule has 0 spiro atoms. The summed E-state index contributed by atoms with van der Waals surface area (Å²) < 4.78 is 0. The summed E-state index contributed by atoms with van der Waals surface area (Å²) in [5.41, 5.74) is 18.5. The maximum absolute atomic E-state index is 13.1. The van der Waals surface area contributed by atoms with E-state index in [1.54, 1.807) is 23.1 Å². The molecular weight excluding hydrogens is 660 g/mol. The molecule has 8 rings (SSSR count). The molecule has 6 heterocycles. The molecule has 2 atom stereocenters. The molecule has 7 N–H and O–H groups in total. The second-order valence-electron chi connectivity index (χ2n) is 14.3. The van der Waals surface area contributed by atoms with E-state index in [1.165, 1.54) is 0 Å². The number of fused-ring (bicyclic) bond motifs is 2. The Morgan fingerprint density at radius 3 is 2.54 bits per heavy atom. The molecule has 5 aliphatic heterocycles. The standard InChI is InChI=1S/C38H44N10O4/c39-30(29-3-1-2-4-33(29)49)16-32-35(40)41-19-27-22-46(13-14-47(27)32)38-42-17-26(18-43-38)24-9-11-45(12-10-24)20-23-5-6-28-25(15-23)21-48(37(28)52)31-7-8-34(50)44-36(31)51/h1-6,15-18,24,27,31,41,49H,7-14,19-22,39-40H2,(H,44,50,51)/b30-16-. The van der Waals surface area contributed by atoms with Crippen molar-refractivity contribution in [2.24, 2.45) is 11.5 Å². The van der Waals surface area contributed by atoms with Gasteiger partial charge in [-0.05, 0) is 79.2 Å². The van der Waals surface area contributed by atoms with Crippen LogP contribution in [0.3, 0.4) is 0 Å². The molecule has 2 aromatic carbocycles. The van der Waals surface area contributed by atoms with Crippen molar-refractivity contribution in [2.75, 3.05) is 44.2 Å². The van der Waals surface area contributed by atoms with Gasteiger partial charge in [-0.3, -0.25) is 24.6 Å². The van der Waals surface area contributed by atoms with E-state index < -0.39 is 6.04 Å². The van der Waals surface area contributed by atoms with Gasteiger partial charge < -0.3 is 36.6 Å². The zero-order chi connectivity index (χ0) is 35.9. The van der Waals surface area contributed by atoms with Crippen molar-refractivity contribution in [3.8, 4) is 5.75 Å². The van der Waals surface area contributed by atoms with Crippen molar-refractivity contribution >= 4 is 29.4 Å². The fraction of sp³-hybridized carbons (Fsp3) is 0.395. The number of nitrogens with zero attached hydrogens (tertiary/aromatic N) is 6. The van der Waals surface area contributed by atoms with Crippen LogP contribution >= 0.6 is 0 Å². The van der Waals surface area contributed by atoms with Gasteiger partial charge >= 0.3 is 0 Å². The number of phenols is 1. The minimum atomic E-state index is -0.603. The monoisotopic (exact) mass is 704 g/mol. The Hall–Kier alpha value is -5.63. The molecule has 52 heavy (non-hydrogen) atoms. The first-order valence-corrected chi connectivity index (χ1v) is 18.0. The molecule has 3 amide bonds. The third-order valence-corrected chi connectivity index (χ3v) is 11.1. The zero-order valence-corrected chi connectivity index (χ0v) is 29.0. The van der Waals surface area contributed by atoms with Gasteiger partial charge in [0.05, 0.1) is 11.7 Å². The number of carbonyl (C=O) groups excluding carboxylic acids is 3. The molecular formula is C38H44N10O4. The molecule has 3 saturated heterocycles. The second-order valence-corrected chi connectivity index (χ2v) is 14.3. The number of allylic oxidation sites excluding steroid dienone is 1. The number of piperazine rings is 1. The number of hydrogen-bond donors (Lipinski definition) is 5. The highest BCUT2D eigenvalue weighted by Crippen LogP contribution is 2.32. The lowest BCUT2D eigenvalue weighted by Crippen LogP contribution is -2.59. The van der Waals surface area contributed by atoms with Crippen LogP contribution in [0.1, 0.15) is 64.2 Å². The molecule has 14 nitrogen and oxygen atoms in total. The third kappa shape index (κ3) is 6.49. The number of aromatic hydroxyl groups is 1. The first-order valence-electron chi connectivity index (χ1n) is 18.0. The molecule has 2 unspecified atom stereocenters. The van der Waals surface area contributed by atoms with E-state index in [9.17, 15) is 19.5 Å². The molecule has 270 valence electrons. The number of carbonyl (C=O) groups is 3. The van der Waals surface area contributed by atoms with Crippen LogP contribution in [0.15, 0.2) is 72.5 Å². The molecule has 0 aliphatic carbocycles. The molecule has 3 aromatic rings. The van der Waals surface area contributed by atoms with Crippen molar-refractivity contribution in [1.29, 1.82) is 0 Å². The first-order chi connectivity index (χ1) is 25.2. The number of para-hydroxylation sites is 1. The van der Waals surface area contributed by atoms with Crippen LogP contribution in [0.4, 0.5) is 5.95 Å². The van der Waals surface area contributed by atoms with Crippen molar-refractivity contribution in [2.45, 2.75) is 56.8 Å². The molecule has 0 saturated carbocycles. The fourth-order valence-corrected chi connectivity index (χ4v) is 8.22. The van der Waals surface area contributed by atoms with Crippen LogP contribution in [0, 0.1) is 0 Å². The van der Waals surface area contributed by atoms with E-state index in [1.807, 2.05) is 36.7 Å². The third-order valence-electron chi connectivity index (χ3n) is 11.1. The Kier molecular flexibility index (Phi) is 8.91. The number of benzene rings is 2. The highest BCUT2D eigenvalue weighted by atomic mass is 16.3. The topological polar surface area (TPSA) is 186 Å². The number of nitrogens with two attached hydrogens (primary N) is 2. The predicted molar refractivity (Wildman–Crippen MR) is 194 cm³/mol. The van der Waals surface area contributed by atoms with Gasteiger partial charge in [-0.15, -0.1) is 0 Å². The summed E-state index contributed by atoms with van der Waals surface area (Å²) in [5, 5.41) is 16.0. The number of hydrogen-bond acceptors (Lipinski definition) is 12. The molecule has 3 fully saturated rings. The maximum Gasteiger partial charge on any atom is 0.255 e. The zero-order valence-electron chi connectivity index (χ0n) is 29.0. The quantitative estimate of drug-likeness (QED) is 0.224. The number of piperidine rings is 2. The van der Waals surface area contributed by atoms with Gasteiger partial charge in [0, 0.05) is 74.9 Å². The van der Waals surface area contributed by atoms with Crippen LogP contribution in [0.25, 0.3) is 5.70 Å². The van der Waals surface area contributed by atoms with Gasteiger partial charge in [-0.2, -0.15) is 0 Å². The van der Waals surface area contributed by atoms with E-state index in [-0.39, 0.29) is 35.9 Å². The van der Waals surface area contributed by atoms with Gasteiger partial charge in [-0.25, -0.2) is 9.97 Å². The highest BCUT2D eigenvalue weighted by Gasteiger charge is 2.39. The number of imide groups is 1.